The van der Waals surface area contributed by atoms with E-state index in [0.29, 0.717) is 5.16 Å². The van der Waals surface area contributed by atoms with Crippen LogP contribution in [-0.4, -0.2) is 36.4 Å². The quantitative estimate of drug-likeness (QED) is 0.699. The summed E-state index contributed by atoms with van der Waals surface area (Å²) in [6.07, 6.45) is 4.36. The molecule has 0 saturated heterocycles. The van der Waals surface area contributed by atoms with Crippen LogP contribution in [0.2, 0.25) is 0 Å². The number of pyridine rings is 1. The van der Waals surface area contributed by atoms with E-state index in [1.165, 1.54) is 11.8 Å². The first-order chi connectivity index (χ1) is 12.8. The monoisotopic (exact) mass is 386 g/mol. The van der Waals surface area contributed by atoms with E-state index in [9.17, 15) is 10.1 Å². The summed E-state index contributed by atoms with van der Waals surface area (Å²) in [6.45, 7) is 10.2. The number of carbonyl (C=O) groups excluding carboxylic acids is 1. The predicted octanol–water partition coefficient (Wildman–Crippen LogP) is 3.29. The second-order valence-corrected chi connectivity index (χ2v) is 8.22. The zero-order valence-electron chi connectivity index (χ0n) is 16.4. The van der Waals surface area contributed by atoms with Gasteiger partial charge in [-0.05, 0) is 38.3 Å². The molecule has 0 fully saturated rings. The summed E-state index contributed by atoms with van der Waals surface area (Å²) in [5, 5.41) is 21.2. The van der Waals surface area contributed by atoms with Crippen molar-refractivity contribution in [2.24, 2.45) is 5.92 Å². The minimum atomic E-state index is -0.898. The van der Waals surface area contributed by atoms with Crippen molar-refractivity contribution in [1.82, 2.24) is 25.1 Å². The maximum Gasteiger partial charge on any atom is 0.234 e. The maximum absolute atomic E-state index is 12.6. The molecule has 2 aromatic heterocycles. The summed E-state index contributed by atoms with van der Waals surface area (Å²) in [6, 6.07) is 5.99. The number of nitriles is 1. The Balaban J connectivity index is 2.20. The fourth-order valence-electron chi connectivity index (χ4n) is 2.39. The largest absolute Gasteiger partial charge is 0.337 e. The summed E-state index contributed by atoms with van der Waals surface area (Å²) in [5.74, 6) is 0.582. The summed E-state index contributed by atoms with van der Waals surface area (Å²) < 4.78 is 2.02. The maximum atomic E-state index is 12.6. The van der Waals surface area contributed by atoms with Crippen LogP contribution in [0.15, 0.2) is 29.7 Å². The van der Waals surface area contributed by atoms with Crippen LogP contribution in [0.1, 0.15) is 41.0 Å². The molecule has 1 N–H and O–H groups in total. The summed E-state index contributed by atoms with van der Waals surface area (Å²) in [5.41, 5.74) is 0.0392. The Morgan fingerprint density at radius 3 is 2.56 bits per heavy atom. The van der Waals surface area contributed by atoms with Gasteiger partial charge in [0.25, 0.3) is 0 Å². The highest BCUT2D eigenvalue weighted by molar-refractivity contribution is 8.00. The second-order valence-electron chi connectivity index (χ2n) is 6.91. The number of thioether (sulfide) groups is 1. The molecule has 0 aliphatic rings. The first kappa shape index (κ1) is 20.9. The van der Waals surface area contributed by atoms with Gasteiger partial charge in [-0.3, -0.25) is 9.78 Å². The molecule has 0 radical (unpaired) electrons. The standard InChI is InChI=1S/C19H26N6OS/c1-6-11-25-16(15-7-9-21-10-8-15)23-24-18(25)27-14(4)17(26)22-19(5,12-20)13(2)3/h7-10,13-14H,6,11H2,1-5H3,(H,22,26). The van der Waals surface area contributed by atoms with Crippen LogP contribution in [0, 0.1) is 17.2 Å². The van der Waals surface area contributed by atoms with Gasteiger partial charge in [-0.1, -0.05) is 32.5 Å². The first-order valence-electron chi connectivity index (χ1n) is 9.06. The Morgan fingerprint density at radius 1 is 1.33 bits per heavy atom. The van der Waals surface area contributed by atoms with Crippen molar-refractivity contribution in [2.45, 2.75) is 63.5 Å². The van der Waals surface area contributed by atoms with E-state index >= 15 is 0 Å². The Hall–Kier alpha value is -2.40. The molecule has 0 spiro atoms. The molecule has 27 heavy (non-hydrogen) atoms. The minimum Gasteiger partial charge on any atom is -0.337 e. The number of carbonyl (C=O) groups is 1. The van der Waals surface area contributed by atoms with Gasteiger partial charge in [0.05, 0.1) is 11.3 Å². The van der Waals surface area contributed by atoms with Crippen LogP contribution < -0.4 is 5.32 Å². The fraction of sp³-hybridized carbons (Fsp3) is 0.526. The molecule has 144 valence electrons. The van der Waals surface area contributed by atoms with E-state index in [1.807, 2.05) is 37.5 Å². The molecule has 7 nitrogen and oxygen atoms in total. The van der Waals surface area contributed by atoms with Gasteiger partial charge in [0, 0.05) is 24.5 Å². The molecule has 2 atom stereocenters. The zero-order valence-corrected chi connectivity index (χ0v) is 17.2. The molecule has 2 rings (SSSR count). The molecule has 2 aromatic rings. The van der Waals surface area contributed by atoms with E-state index in [-0.39, 0.29) is 11.8 Å². The van der Waals surface area contributed by atoms with Gasteiger partial charge in [-0.2, -0.15) is 5.26 Å². The molecular weight excluding hydrogens is 360 g/mol. The van der Waals surface area contributed by atoms with Crippen molar-refractivity contribution >= 4 is 17.7 Å². The minimum absolute atomic E-state index is 0.00527. The third kappa shape index (κ3) is 4.86. The second kappa shape index (κ2) is 9.00. The third-order valence-electron chi connectivity index (χ3n) is 4.52. The topological polar surface area (TPSA) is 96.5 Å². The molecule has 2 unspecified atom stereocenters. The van der Waals surface area contributed by atoms with Gasteiger partial charge < -0.3 is 9.88 Å². The number of hydrogen-bond donors (Lipinski definition) is 1. The van der Waals surface area contributed by atoms with Crippen LogP contribution in [-0.2, 0) is 11.3 Å². The van der Waals surface area contributed by atoms with Crippen molar-refractivity contribution in [3.8, 4) is 17.5 Å². The molecule has 0 aromatic carbocycles. The van der Waals surface area contributed by atoms with E-state index in [1.54, 1.807) is 19.3 Å². The molecular formula is C19H26N6OS. The van der Waals surface area contributed by atoms with E-state index in [2.05, 4.69) is 33.5 Å². The Kier molecular flexibility index (Phi) is 6.97. The van der Waals surface area contributed by atoms with Crippen LogP contribution in [0.25, 0.3) is 11.4 Å². The molecule has 0 saturated carbocycles. The Labute approximate surface area is 164 Å². The molecule has 0 bridgehead atoms. The van der Waals surface area contributed by atoms with Gasteiger partial charge in [-0.15, -0.1) is 10.2 Å². The third-order valence-corrected chi connectivity index (χ3v) is 5.60. The molecule has 0 aliphatic carbocycles. The van der Waals surface area contributed by atoms with Crippen molar-refractivity contribution in [2.75, 3.05) is 0 Å². The van der Waals surface area contributed by atoms with Gasteiger partial charge in [-0.25, -0.2) is 0 Å². The predicted molar refractivity (Wildman–Crippen MR) is 106 cm³/mol. The lowest BCUT2D eigenvalue weighted by Crippen LogP contribution is -2.51. The number of nitrogens with one attached hydrogen (secondary N) is 1. The van der Waals surface area contributed by atoms with Crippen molar-refractivity contribution in [1.29, 1.82) is 5.26 Å². The highest BCUT2D eigenvalue weighted by Crippen LogP contribution is 2.27. The Bertz CT molecular complexity index is 813. The van der Waals surface area contributed by atoms with Crippen molar-refractivity contribution in [3.63, 3.8) is 0 Å². The average Bonchev–Trinajstić information content (AvgIpc) is 3.04. The van der Waals surface area contributed by atoms with Gasteiger partial charge in [0.15, 0.2) is 11.0 Å². The number of amides is 1. The lowest BCUT2D eigenvalue weighted by atomic mass is 9.90. The number of hydrogen-bond acceptors (Lipinski definition) is 6. The summed E-state index contributed by atoms with van der Waals surface area (Å²) in [7, 11) is 0. The van der Waals surface area contributed by atoms with Gasteiger partial charge >= 0.3 is 0 Å². The molecule has 2 heterocycles. The normalized spacial score (nSPS) is 14.4. The SMILES string of the molecule is CCCn1c(SC(C)C(=O)NC(C)(C#N)C(C)C)nnc1-c1ccncc1. The fourth-order valence-corrected chi connectivity index (χ4v) is 3.26. The van der Waals surface area contributed by atoms with E-state index < -0.39 is 10.8 Å². The molecule has 8 heteroatoms. The van der Waals surface area contributed by atoms with Crippen molar-refractivity contribution in [3.05, 3.63) is 24.5 Å². The summed E-state index contributed by atoms with van der Waals surface area (Å²) in [4.78, 5) is 16.7. The van der Waals surface area contributed by atoms with E-state index in [0.717, 1.165) is 24.4 Å². The van der Waals surface area contributed by atoms with Crippen LogP contribution in [0.3, 0.4) is 0 Å². The first-order valence-corrected chi connectivity index (χ1v) is 9.93. The lowest BCUT2D eigenvalue weighted by Gasteiger charge is -2.28. The van der Waals surface area contributed by atoms with Crippen molar-refractivity contribution < 1.29 is 4.79 Å². The number of aromatic nitrogens is 4. The number of rotatable bonds is 8. The number of nitrogens with zero attached hydrogens (tertiary/aromatic N) is 5. The lowest BCUT2D eigenvalue weighted by molar-refractivity contribution is -0.121. The van der Waals surface area contributed by atoms with E-state index in [4.69, 9.17) is 0 Å². The van der Waals surface area contributed by atoms with Gasteiger partial charge in [0.1, 0.15) is 5.54 Å². The molecule has 0 aliphatic heterocycles. The van der Waals surface area contributed by atoms with Crippen LogP contribution in [0.5, 0.6) is 0 Å². The highest BCUT2D eigenvalue weighted by atomic mass is 32.2. The van der Waals surface area contributed by atoms with Crippen LogP contribution in [0.4, 0.5) is 0 Å². The average molecular weight is 387 g/mol. The summed E-state index contributed by atoms with van der Waals surface area (Å²) >= 11 is 1.35. The zero-order chi connectivity index (χ0) is 20.0. The highest BCUT2D eigenvalue weighted by Gasteiger charge is 2.32. The smallest absolute Gasteiger partial charge is 0.234 e. The Morgan fingerprint density at radius 2 is 2.00 bits per heavy atom. The molecule has 1 amide bonds. The van der Waals surface area contributed by atoms with Crippen LogP contribution >= 0.6 is 11.8 Å². The van der Waals surface area contributed by atoms with Gasteiger partial charge in [0.2, 0.25) is 5.91 Å².